The molecule has 2 aliphatic rings. The summed E-state index contributed by atoms with van der Waals surface area (Å²) in [6.45, 7) is 7.11. The van der Waals surface area contributed by atoms with Gasteiger partial charge in [0, 0.05) is 34.8 Å². The maximum absolute atomic E-state index is 13.9. The van der Waals surface area contributed by atoms with Gasteiger partial charge in [0.05, 0.1) is 17.7 Å². The van der Waals surface area contributed by atoms with Gasteiger partial charge >= 0.3 is 0 Å². The minimum absolute atomic E-state index is 0.0754. The highest BCUT2D eigenvalue weighted by atomic mass is 16.5. The summed E-state index contributed by atoms with van der Waals surface area (Å²) in [6, 6.07) is 13.6. The van der Waals surface area contributed by atoms with Crippen LogP contribution in [0.4, 0.5) is 11.4 Å². The zero-order chi connectivity index (χ0) is 26.2. The molecule has 5 nitrogen and oxygen atoms in total. The lowest BCUT2D eigenvalue weighted by atomic mass is 9.76. The molecule has 1 aromatic heterocycles. The van der Waals surface area contributed by atoms with Crippen molar-refractivity contribution in [2.24, 2.45) is 11.3 Å². The van der Waals surface area contributed by atoms with Crippen molar-refractivity contribution < 1.29 is 9.53 Å². The second-order valence-corrected chi connectivity index (χ2v) is 11.0. The molecule has 0 radical (unpaired) electrons. The average molecular weight is 494 g/mol. The molecule has 2 aliphatic carbocycles. The van der Waals surface area contributed by atoms with Crippen LogP contribution in [0, 0.1) is 23.2 Å². The highest BCUT2D eigenvalue weighted by molar-refractivity contribution is 6.17. The number of methoxy groups -OCH3 is 1. The number of nitrogens with zero attached hydrogens (tertiary/aromatic N) is 1. The topological polar surface area (TPSA) is 69.3 Å². The molecule has 1 unspecified atom stereocenters. The zero-order valence-corrected chi connectivity index (χ0v) is 22.1. The number of allylic oxidation sites excluding steroid dienone is 4. The molecular formula is C32H35N3O2. The van der Waals surface area contributed by atoms with E-state index in [0.29, 0.717) is 23.8 Å². The molecule has 0 bridgehead atoms. The van der Waals surface area contributed by atoms with E-state index in [1.165, 1.54) is 0 Å². The van der Waals surface area contributed by atoms with E-state index in [9.17, 15) is 4.79 Å². The summed E-state index contributed by atoms with van der Waals surface area (Å²) in [7, 11) is 1.67. The summed E-state index contributed by atoms with van der Waals surface area (Å²) < 4.78 is 7.47. The van der Waals surface area contributed by atoms with Crippen LogP contribution in [0.15, 0.2) is 66.8 Å². The maximum atomic E-state index is 13.9. The fourth-order valence-corrected chi connectivity index (χ4v) is 5.14. The van der Waals surface area contributed by atoms with E-state index in [1.807, 2.05) is 36.4 Å². The van der Waals surface area contributed by atoms with Gasteiger partial charge in [0.15, 0.2) is 0 Å². The Morgan fingerprint density at radius 3 is 2.59 bits per heavy atom. The second kappa shape index (κ2) is 9.61. The monoisotopic (exact) mass is 493 g/mol. The highest BCUT2D eigenvalue weighted by Gasteiger charge is 2.43. The molecule has 1 fully saturated rings. The van der Waals surface area contributed by atoms with Crippen molar-refractivity contribution in [2.45, 2.75) is 52.2 Å². The largest absolute Gasteiger partial charge is 0.398 e. The molecule has 37 heavy (non-hydrogen) atoms. The lowest BCUT2D eigenvalue weighted by molar-refractivity contribution is 0.102. The van der Waals surface area contributed by atoms with E-state index >= 15 is 0 Å². The zero-order valence-electron chi connectivity index (χ0n) is 22.1. The number of ether oxygens (including phenoxy) is 1. The molecule has 0 aliphatic heterocycles. The summed E-state index contributed by atoms with van der Waals surface area (Å²) in [5.74, 6) is 7.16. The Kier molecular flexibility index (Phi) is 6.47. The Hall–Kier alpha value is -3.75. The van der Waals surface area contributed by atoms with Crippen LogP contribution in [0.2, 0.25) is 0 Å². The average Bonchev–Trinajstić information content (AvgIpc) is 3.53. The lowest BCUT2D eigenvalue weighted by Crippen LogP contribution is -2.22. The molecule has 5 heteroatoms. The van der Waals surface area contributed by atoms with Crippen molar-refractivity contribution in [3.05, 3.63) is 83.6 Å². The van der Waals surface area contributed by atoms with E-state index in [-0.39, 0.29) is 16.9 Å². The van der Waals surface area contributed by atoms with Gasteiger partial charge in [0.1, 0.15) is 5.69 Å². The fraction of sp³-hybridized carbons (Fsp3) is 0.344. The summed E-state index contributed by atoms with van der Waals surface area (Å²) in [4.78, 5) is 13.9. The van der Waals surface area contributed by atoms with Gasteiger partial charge in [0.2, 0.25) is 0 Å². The van der Waals surface area contributed by atoms with Gasteiger partial charge in [0.25, 0.3) is 5.91 Å². The first-order chi connectivity index (χ1) is 17.7. The quantitative estimate of drug-likeness (QED) is 0.299. The van der Waals surface area contributed by atoms with Gasteiger partial charge < -0.3 is 20.4 Å². The molecule has 5 rings (SSSR count). The maximum Gasteiger partial charge on any atom is 0.259 e. The van der Waals surface area contributed by atoms with Gasteiger partial charge in [-0.3, -0.25) is 4.79 Å². The van der Waals surface area contributed by atoms with Crippen LogP contribution in [-0.4, -0.2) is 17.6 Å². The third-order valence-corrected chi connectivity index (χ3v) is 7.70. The molecular weight excluding hydrogens is 458 g/mol. The number of carbonyl (C=O) groups is 1. The number of anilines is 2. The number of rotatable bonds is 6. The summed E-state index contributed by atoms with van der Waals surface area (Å²) >= 11 is 0. The molecule has 1 heterocycles. The van der Waals surface area contributed by atoms with Gasteiger partial charge in [-0.15, -0.1) is 0 Å². The van der Waals surface area contributed by atoms with Gasteiger partial charge in [-0.05, 0) is 81.7 Å². The smallest absolute Gasteiger partial charge is 0.259 e. The van der Waals surface area contributed by atoms with Crippen molar-refractivity contribution in [3.8, 4) is 11.8 Å². The predicted molar refractivity (Wildman–Crippen MR) is 151 cm³/mol. The number of carbonyl (C=O) groups excluding carboxylic acids is 1. The molecule has 1 saturated carbocycles. The molecule has 2 aromatic carbocycles. The van der Waals surface area contributed by atoms with E-state index in [4.69, 9.17) is 10.5 Å². The SMILES string of the molecule is COCc1ccc(NC(=O)c2c(C#CC(C)(C)C3C=CC=CC3)n(C3(C)CC3)c3cccc(N)c23)cc1. The van der Waals surface area contributed by atoms with Crippen molar-refractivity contribution >= 4 is 28.2 Å². The van der Waals surface area contributed by atoms with Crippen molar-refractivity contribution in [2.75, 3.05) is 18.2 Å². The Bertz CT molecular complexity index is 1460. The third-order valence-electron chi connectivity index (χ3n) is 7.70. The number of amides is 1. The highest BCUT2D eigenvalue weighted by Crippen LogP contribution is 2.48. The molecule has 0 spiro atoms. The van der Waals surface area contributed by atoms with E-state index in [0.717, 1.165) is 47.1 Å². The minimum atomic E-state index is -0.260. The number of benzene rings is 2. The molecule has 1 amide bonds. The first kappa shape index (κ1) is 24.9. The number of fused-ring (bicyclic) bond motifs is 1. The van der Waals surface area contributed by atoms with Gasteiger partial charge in [-0.2, -0.15) is 0 Å². The van der Waals surface area contributed by atoms with Crippen LogP contribution < -0.4 is 11.1 Å². The summed E-state index contributed by atoms with van der Waals surface area (Å²) in [5.41, 5.74) is 10.8. The number of aromatic nitrogens is 1. The first-order valence-electron chi connectivity index (χ1n) is 12.9. The number of hydrogen-bond acceptors (Lipinski definition) is 3. The van der Waals surface area contributed by atoms with Crippen molar-refractivity contribution in [1.29, 1.82) is 0 Å². The van der Waals surface area contributed by atoms with Crippen molar-refractivity contribution in [3.63, 3.8) is 0 Å². The Labute approximate surface area is 219 Å². The summed E-state index contributed by atoms with van der Waals surface area (Å²) in [6.07, 6.45) is 11.6. The Balaban J connectivity index is 1.63. The molecule has 0 saturated heterocycles. The van der Waals surface area contributed by atoms with E-state index in [1.54, 1.807) is 7.11 Å². The van der Waals surface area contributed by atoms with Crippen LogP contribution in [0.3, 0.4) is 0 Å². The Morgan fingerprint density at radius 1 is 1.19 bits per heavy atom. The standard InChI is InChI=1S/C32H35N3O2/c1-31(2,23-9-6-5-7-10-23)18-17-27-29(30(36)34-24-15-13-22(14-16-24)21-37-4)28-25(33)11-8-12-26(28)35(27)32(3)19-20-32/h5-9,11-16,23H,10,19-21,33H2,1-4H3,(H,34,36). The molecule has 190 valence electrons. The van der Waals surface area contributed by atoms with Crippen molar-refractivity contribution in [1.82, 2.24) is 4.57 Å². The van der Waals surface area contributed by atoms with E-state index < -0.39 is 0 Å². The minimum Gasteiger partial charge on any atom is -0.398 e. The number of nitrogens with one attached hydrogen (secondary N) is 1. The van der Waals surface area contributed by atoms with Crippen LogP contribution in [0.1, 0.15) is 61.6 Å². The molecule has 1 atom stereocenters. The van der Waals surface area contributed by atoms with Gasteiger partial charge in [-0.1, -0.05) is 48.4 Å². The summed E-state index contributed by atoms with van der Waals surface area (Å²) in [5, 5.41) is 3.87. The predicted octanol–water partition coefficient (Wildman–Crippen LogP) is 6.64. The fourth-order valence-electron chi connectivity index (χ4n) is 5.14. The lowest BCUT2D eigenvalue weighted by Gasteiger charge is -2.27. The number of nitrogen functional groups attached to an aromatic ring is 1. The molecule has 3 aromatic rings. The molecule has 3 N–H and O–H groups in total. The van der Waals surface area contributed by atoms with Crippen LogP contribution in [-0.2, 0) is 16.9 Å². The van der Waals surface area contributed by atoms with Crippen LogP contribution in [0.25, 0.3) is 10.9 Å². The van der Waals surface area contributed by atoms with Gasteiger partial charge in [-0.25, -0.2) is 0 Å². The Morgan fingerprint density at radius 2 is 1.95 bits per heavy atom. The second-order valence-electron chi connectivity index (χ2n) is 11.0. The normalized spacial score (nSPS) is 17.9. The van der Waals surface area contributed by atoms with E-state index in [2.05, 4.69) is 72.9 Å². The van der Waals surface area contributed by atoms with Crippen LogP contribution in [0.5, 0.6) is 0 Å². The number of hydrogen-bond donors (Lipinski definition) is 2. The van der Waals surface area contributed by atoms with Crippen LogP contribution >= 0.6 is 0 Å². The first-order valence-corrected chi connectivity index (χ1v) is 12.9. The third kappa shape index (κ3) is 4.82. The number of nitrogens with two attached hydrogens (primary N) is 1.